The molecule has 1 amide bonds. The number of carbonyl (C=O) groups excluding carboxylic acids is 1. The summed E-state index contributed by atoms with van der Waals surface area (Å²) in [5.41, 5.74) is 0.633. The van der Waals surface area contributed by atoms with E-state index in [4.69, 9.17) is 4.74 Å². The first-order valence-electron chi connectivity index (χ1n) is 7.80. The number of ether oxygens (including phenoxy) is 1. The van der Waals surface area contributed by atoms with E-state index >= 15 is 0 Å². The molecule has 1 aliphatic heterocycles. The Balaban J connectivity index is 1.47. The molecule has 1 saturated heterocycles. The van der Waals surface area contributed by atoms with Crippen molar-refractivity contribution in [2.24, 2.45) is 5.92 Å². The Morgan fingerprint density at radius 2 is 1.96 bits per heavy atom. The van der Waals surface area contributed by atoms with Crippen molar-refractivity contribution in [1.29, 1.82) is 0 Å². The van der Waals surface area contributed by atoms with E-state index in [0.29, 0.717) is 23.8 Å². The minimum Gasteiger partial charge on any atom is -0.493 e. The number of nitrogens with zero attached hydrogens (tertiary/aromatic N) is 2. The molecule has 0 spiro atoms. The van der Waals surface area contributed by atoms with Crippen molar-refractivity contribution in [3.63, 3.8) is 0 Å². The van der Waals surface area contributed by atoms with Gasteiger partial charge in [-0.3, -0.25) is 9.78 Å². The number of halogens is 1. The summed E-state index contributed by atoms with van der Waals surface area (Å²) >= 11 is 0. The van der Waals surface area contributed by atoms with Crippen LogP contribution in [0, 0.1) is 11.7 Å². The van der Waals surface area contributed by atoms with Crippen LogP contribution in [0.2, 0.25) is 0 Å². The number of carbonyl (C=O) groups is 1. The fourth-order valence-electron chi connectivity index (χ4n) is 2.72. The summed E-state index contributed by atoms with van der Waals surface area (Å²) in [5.74, 6) is 0.869. The molecule has 1 aliphatic rings. The van der Waals surface area contributed by atoms with E-state index < -0.39 is 0 Å². The molecule has 23 heavy (non-hydrogen) atoms. The maximum atomic E-state index is 12.8. The highest BCUT2D eigenvalue weighted by Crippen LogP contribution is 2.21. The van der Waals surface area contributed by atoms with E-state index in [1.807, 2.05) is 4.90 Å². The number of benzene rings is 1. The second-order valence-corrected chi connectivity index (χ2v) is 5.74. The van der Waals surface area contributed by atoms with Crippen LogP contribution in [-0.4, -0.2) is 35.5 Å². The third-order valence-corrected chi connectivity index (χ3v) is 4.11. The normalized spacial score (nSPS) is 15.4. The molecule has 3 rings (SSSR count). The van der Waals surface area contributed by atoms with Crippen LogP contribution in [0.25, 0.3) is 0 Å². The quantitative estimate of drug-likeness (QED) is 0.870. The maximum Gasteiger partial charge on any atom is 0.255 e. The smallest absolute Gasteiger partial charge is 0.255 e. The van der Waals surface area contributed by atoms with Gasteiger partial charge in [-0.2, -0.15) is 0 Å². The number of rotatable bonds is 4. The monoisotopic (exact) mass is 314 g/mol. The molecule has 0 radical (unpaired) electrons. The average Bonchev–Trinajstić information content (AvgIpc) is 2.62. The first-order chi connectivity index (χ1) is 11.2. The Morgan fingerprint density at radius 3 is 2.61 bits per heavy atom. The van der Waals surface area contributed by atoms with Gasteiger partial charge in [-0.1, -0.05) is 0 Å². The number of pyridine rings is 1. The van der Waals surface area contributed by atoms with Gasteiger partial charge in [-0.05, 0) is 55.2 Å². The molecular formula is C18H19FN2O2. The van der Waals surface area contributed by atoms with Gasteiger partial charge < -0.3 is 9.64 Å². The summed E-state index contributed by atoms with van der Waals surface area (Å²) in [7, 11) is 0. The van der Waals surface area contributed by atoms with Gasteiger partial charge in [0.1, 0.15) is 11.6 Å². The zero-order valence-electron chi connectivity index (χ0n) is 12.8. The van der Waals surface area contributed by atoms with Gasteiger partial charge in [0.25, 0.3) is 5.91 Å². The van der Waals surface area contributed by atoms with Crippen LogP contribution in [0.3, 0.4) is 0 Å². The molecule has 1 fully saturated rings. The lowest BCUT2D eigenvalue weighted by molar-refractivity contribution is 0.0660. The van der Waals surface area contributed by atoms with E-state index in [9.17, 15) is 9.18 Å². The molecule has 0 N–H and O–H groups in total. The Labute approximate surface area is 134 Å². The highest BCUT2D eigenvalue weighted by Gasteiger charge is 2.24. The van der Waals surface area contributed by atoms with Gasteiger partial charge in [0.15, 0.2) is 0 Å². The molecule has 1 aromatic heterocycles. The Morgan fingerprint density at radius 1 is 1.22 bits per heavy atom. The van der Waals surface area contributed by atoms with Gasteiger partial charge in [-0.15, -0.1) is 0 Å². The summed E-state index contributed by atoms with van der Waals surface area (Å²) in [5, 5.41) is 0. The van der Waals surface area contributed by atoms with Crippen LogP contribution < -0.4 is 4.74 Å². The van der Waals surface area contributed by atoms with Crippen molar-refractivity contribution >= 4 is 5.91 Å². The minimum atomic E-state index is -0.264. The number of hydrogen-bond donors (Lipinski definition) is 0. The number of likely N-dealkylation sites (tertiary alicyclic amines) is 1. The first kappa shape index (κ1) is 15.5. The topological polar surface area (TPSA) is 42.4 Å². The molecule has 4 nitrogen and oxygen atoms in total. The zero-order chi connectivity index (χ0) is 16.1. The average molecular weight is 314 g/mol. The van der Waals surface area contributed by atoms with Crippen LogP contribution in [0.4, 0.5) is 4.39 Å². The van der Waals surface area contributed by atoms with E-state index in [0.717, 1.165) is 25.9 Å². The molecule has 0 unspecified atom stereocenters. The van der Waals surface area contributed by atoms with Crippen LogP contribution in [0.15, 0.2) is 48.8 Å². The van der Waals surface area contributed by atoms with Crippen LogP contribution in [-0.2, 0) is 0 Å². The Kier molecular flexibility index (Phi) is 4.86. The van der Waals surface area contributed by atoms with Gasteiger partial charge in [0.2, 0.25) is 0 Å². The summed E-state index contributed by atoms with van der Waals surface area (Å²) in [4.78, 5) is 18.2. The largest absolute Gasteiger partial charge is 0.493 e. The second kappa shape index (κ2) is 7.22. The molecule has 120 valence electrons. The summed E-state index contributed by atoms with van der Waals surface area (Å²) in [6.45, 7) is 2.05. The standard InChI is InChI=1S/C18H19FN2O2/c19-16-3-5-17(6-4-16)23-13-14-7-10-21(11-8-14)18(22)15-2-1-9-20-12-15/h1-6,9,12,14H,7-8,10-11,13H2. The predicted octanol–water partition coefficient (Wildman–Crippen LogP) is 3.15. The minimum absolute atomic E-state index is 0.0380. The van der Waals surface area contributed by atoms with E-state index in [1.165, 1.54) is 12.1 Å². The number of piperidine rings is 1. The second-order valence-electron chi connectivity index (χ2n) is 5.74. The fourth-order valence-corrected chi connectivity index (χ4v) is 2.72. The number of amides is 1. The van der Waals surface area contributed by atoms with Gasteiger partial charge >= 0.3 is 0 Å². The van der Waals surface area contributed by atoms with Crippen molar-refractivity contribution in [2.75, 3.05) is 19.7 Å². The third kappa shape index (κ3) is 4.06. The Hall–Kier alpha value is -2.43. The van der Waals surface area contributed by atoms with Crippen molar-refractivity contribution in [3.8, 4) is 5.75 Å². The third-order valence-electron chi connectivity index (χ3n) is 4.11. The molecule has 0 aliphatic carbocycles. The molecular weight excluding hydrogens is 295 g/mol. The van der Waals surface area contributed by atoms with Crippen molar-refractivity contribution in [1.82, 2.24) is 9.88 Å². The van der Waals surface area contributed by atoms with Gasteiger partial charge in [0, 0.05) is 25.5 Å². The fraction of sp³-hybridized carbons (Fsp3) is 0.333. The Bertz CT molecular complexity index is 638. The van der Waals surface area contributed by atoms with Crippen LogP contribution in [0.5, 0.6) is 5.75 Å². The van der Waals surface area contributed by atoms with Gasteiger partial charge in [0.05, 0.1) is 12.2 Å². The SMILES string of the molecule is O=C(c1cccnc1)N1CCC(COc2ccc(F)cc2)CC1. The van der Waals surface area contributed by atoms with Crippen LogP contribution in [0.1, 0.15) is 23.2 Å². The van der Waals surface area contributed by atoms with E-state index in [1.54, 1.807) is 36.7 Å². The highest BCUT2D eigenvalue weighted by atomic mass is 19.1. The van der Waals surface area contributed by atoms with Crippen LogP contribution >= 0.6 is 0 Å². The molecule has 5 heteroatoms. The number of aromatic nitrogens is 1. The molecule has 2 aromatic rings. The summed E-state index contributed by atoms with van der Waals surface area (Å²) in [6.07, 6.45) is 5.09. The molecule has 2 heterocycles. The highest BCUT2D eigenvalue weighted by molar-refractivity contribution is 5.93. The lowest BCUT2D eigenvalue weighted by Gasteiger charge is -2.31. The zero-order valence-corrected chi connectivity index (χ0v) is 12.8. The van der Waals surface area contributed by atoms with Crippen molar-refractivity contribution in [3.05, 3.63) is 60.2 Å². The van der Waals surface area contributed by atoms with Crippen molar-refractivity contribution in [2.45, 2.75) is 12.8 Å². The molecule has 0 bridgehead atoms. The molecule has 1 aromatic carbocycles. The lowest BCUT2D eigenvalue weighted by atomic mass is 9.97. The van der Waals surface area contributed by atoms with E-state index in [2.05, 4.69) is 4.98 Å². The summed E-state index contributed by atoms with van der Waals surface area (Å²) < 4.78 is 18.5. The lowest BCUT2D eigenvalue weighted by Crippen LogP contribution is -2.39. The first-order valence-corrected chi connectivity index (χ1v) is 7.80. The molecule has 0 atom stereocenters. The summed E-state index contributed by atoms with van der Waals surface area (Å²) in [6, 6.07) is 9.62. The number of hydrogen-bond acceptors (Lipinski definition) is 3. The maximum absolute atomic E-state index is 12.8. The predicted molar refractivity (Wildman–Crippen MR) is 84.8 cm³/mol. The molecule has 0 saturated carbocycles. The van der Waals surface area contributed by atoms with E-state index in [-0.39, 0.29) is 11.7 Å². The van der Waals surface area contributed by atoms with Crippen molar-refractivity contribution < 1.29 is 13.9 Å². The van der Waals surface area contributed by atoms with Gasteiger partial charge in [-0.25, -0.2) is 4.39 Å².